The fraction of sp³-hybridized carbons (Fsp3) is 0.550. The van der Waals surface area contributed by atoms with E-state index in [1.165, 1.54) is 4.68 Å². The van der Waals surface area contributed by atoms with Gasteiger partial charge in [0.1, 0.15) is 5.75 Å². The average molecular weight is 359 g/mol. The smallest absolute Gasteiger partial charge is 0.336 e. The molecule has 0 amide bonds. The minimum absolute atomic E-state index is 0.0226. The number of nitrogens with zero attached hydrogens (tertiary/aromatic N) is 3. The van der Waals surface area contributed by atoms with Crippen molar-refractivity contribution in [2.24, 2.45) is 5.92 Å². The van der Waals surface area contributed by atoms with Crippen molar-refractivity contribution in [2.75, 3.05) is 13.7 Å². The van der Waals surface area contributed by atoms with E-state index in [0.29, 0.717) is 12.4 Å². The molecule has 0 bridgehead atoms. The molecule has 142 valence electrons. The van der Waals surface area contributed by atoms with Crippen LogP contribution in [0.1, 0.15) is 57.7 Å². The van der Waals surface area contributed by atoms with Crippen LogP contribution in [0.4, 0.5) is 0 Å². The molecule has 1 unspecified atom stereocenters. The first kappa shape index (κ1) is 19.9. The van der Waals surface area contributed by atoms with Crippen molar-refractivity contribution < 1.29 is 14.3 Å². The molecule has 2 rings (SSSR count). The third kappa shape index (κ3) is 4.84. The molecule has 0 aliphatic carbocycles. The summed E-state index contributed by atoms with van der Waals surface area (Å²) in [5.74, 6) is 1.18. The Morgan fingerprint density at radius 1 is 1.15 bits per heavy atom. The third-order valence-electron chi connectivity index (χ3n) is 4.33. The number of carbonyl (C=O) groups excluding carboxylic acids is 1. The predicted octanol–water partition coefficient (Wildman–Crippen LogP) is 4.60. The molecule has 6 heteroatoms. The maximum Gasteiger partial charge on any atom is 0.336 e. The molecule has 0 fully saturated rings. The number of ether oxygens (including phenoxy) is 2. The standard InChI is InChI=1S/C20H29N3O3/c1-5-8-9-15(7-3)19(24)23-18(21-20(22-23)26-14-6-2)16-10-12-17(25-4)13-11-16/h10-13,15H,5-9,14H2,1-4H3. The Kier molecular flexibility index (Phi) is 7.63. The number of benzene rings is 1. The fourth-order valence-corrected chi connectivity index (χ4v) is 2.75. The van der Waals surface area contributed by atoms with E-state index in [1.807, 2.05) is 38.1 Å². The van der Waals surface area contributed by atoms with Crippen LogP contribution >= 0.6 is 0 Å². The molecule has 1 heterocycles. The van der Waals surface area contributed by atoms with Crippen molar-refractivity contribution in [3.8, 4) is 23.1 Å². The largest absolute Gasteiger partial charge is 0.497 e. The summed E-state index contributed by atoms with van der Waals surface area (Å²) in [4.78, 5) is 17.5. The van der Waals surface area contributed by atoms with E-state index in [0.717, 1.165) is 43.4 Å². The first-order chi connectivity index (χ1) is 12.6. The van der Waals surface area contributed by atoms with Gasteiger partial charge in [-0.25, -0.2) is 0 Å². The number of hydrogen-bond acceptors (Lipinski definition) is 5. The monoisotopic (exact) mass is 359 g/mol. The van der Waals surface area contributed by atoms with Gasteiger partial charge < -0.3 is 9.47 Å². The summed E-state index contributed by atoms with van der Waals surface area (Å²) in [5.41, 5.74) is 0.809. The van der Waals surface area contributed by atoms with Gasteiger partial charge in [0.15, 0.2) is 5.82 Å². The Hall–Kier alpha value is -2.37. The Morgan fingerprint density at radius 3 is 2.46 bits per heavy atom. The summed E-state index contributed by atoms with van der Waals surface area (Å²) < 4.78 is 12.2. The lowest BCUT2D eigenvalue weighted by Gasteiger charge is -2.14. The second kappa shape index (κ2) is 9.94. The van der Waals surface area contributed by atoms with E-state index in [2.05, 4.69) is 17.0 Å². The highest BCUT2D eigenvalue weighted by Gasteiger charge is 2.24. The molecule has 0 spiro atoms. The second-order valence-corrected chi connectivity index (χ2v) is 6.29. The topological polar surface area (TPSA) is 66.2 Å². The highest BCUT2D eigenvalue weighted by Crippen LogP contribution is 2.25. The Bertz CT molecular complexity index is 695. The maximum absolute atomic E-state index is 13.1. The van der Waals surface area contributed by atoms with Gasteiger partial charge in [0.25, 0.3) is 5.91 Å². The van der Waals surface area contributed by atoms with Crippen LogP contribution in [-0.2, 0) is 0 Å². The second-order valence-electron chi connectivity index (χ2n) is 6.29. The van der Waals surface area contributed by atoms with E-state index in [-0.39, 0.29) is 17.8 Å². The van der Waals surface area contributed by atoms with E-state index >= 15 is 0 Å². The van der Waals surface area contributed by atoms with Crippen molar-refractivity contribution in [1.82, 2.24) is 14.8 Å². The normalized spacial score (nSPS) is 12.0. The van der Waals surface area contributed by atoms with Crippen LogP contribution < -0.4 is 9.47 Å². The molecule has 1 aromatic carbocycles. The van der Waals surface area contributed by atoms with E-state index in [9.17, 15) is 4.79 Å². The minimum Gasteiger partial charge on any atom is -0.497 e. The van der Waals surface area contributed by atoms with Crippen molar-refractivity contribution in [3.63, 3.8) is 0 Å². The SMILES string of the molecule is CCCCC(CC)C(=O)n1nc(OCCC)nc1-c1ccc(OC)cc1. The predicted molar refractivity (Wildman–Crippen MR) is 102 cm³/mol. The summed E-state index contributed by atoms with van der Waals surface area (Å²) in [6, 6.07) is 7.70. The zero-order chi connectivity index (χ0) is 18.9. The Balaban J connectivity index is 2.37. The quantitative estimate of drug-likeness (QED) is 0.620. The Morgan fingerprint density at radius 2 is 1.88 bits per heavy atom. The van der Waals surface area contributed by atoms with Crippen LogP contribution in [0.2, 0.25) is 0 Å². The van der Waals surface area contributed by atoms with Gasteiger partial charge in [-0.15, -0.1) is 5.10 Å². The molecule has 0 N–H and O–H groups in total. The van der Waals surface area contributed by atoms with E-state index in [4.69, 9.17) is 9.47 Å². The van der Waals surface area contributed by atoms with Gasteiger partial charge in [0.2, 0.25) is 0 Å². The van der Waals surface area contributed by atoms with Crippen LogP contribution in [0.15, 0.2) is 24.3 Å². The van der Waals surface area contributed by atoms with Gasteiger partial charge in [0.05, 0.1) is 13.7 Å². The third-order valence-corrected chi connectivity index (χ3v) is 4.33. The van der Waals surface area contributed by atoms with E-state index in [1.54, 1.807) is 7.11 Å². The first-order valence-corrected chi connectivity index (χ1v) is 9.43. The number of methoxy groups -OCH3 is 1. The summed E-state index contributed by atoms with van der Waals surface area (Å²) >= 11 is 0. The minimum atomic E-state index is -0.0623. The molecule has 0 aliphatic heterocycles. The molecule has 2 aromatic rings. The lowest BCUT2D eigenvalue weighted by Crippen LogP contribution is -2.23. The average Bonchev–Trinajstić information content (AvgIpc) is 3.11. The molecule has 26 heavy (non-hydrogen) atoms. The summed E-state index contributed by atoms with van der Waals surface area (Å²) in [6.45, 7) is 6.71. The zero-order valence-corrected chi connectivity index (χ0v) is 16.2. The number of hydrogen-bond donors (Lipinski definition) is 0. The number of rotatable bonds is 10. The molecule has 1 aromatic heterocycles. The van der Waals surface area contributed by atoms with Gasteiger partial charge in [0, 0.05) is 11.5 Å². The highest BCUT2D eigenvalue weighted by molar-refractivity contribution is 5.84. The van der Waals surface area contributed by atoms with Crippen LogP contribution in [0, 0.1) is 5.92 Å². The summed E-state index contributed by atoms with van der Waals surface area (Å²) in [5, 5.41) is 4.35. The zero-order valence-electron chi connectivity index (χ0n) is 16.2. The fourth-order valence-electron chi connectivity index (χ4n) is 2.75. The van der Waals surface area contributed by atoms with Crippen molar-refractivity contribution >= 4 is 5.91 Å². The van der Waals surface area contributed by atoms with Gasteiger partial charge in [-0.3, -0.25) is 4.79 Å². The lowest BCUT2D eigenvalue weighted by molar-refractivity contribution is 0.0804. The van der Waals surface area contributed by atoms with Crippen LogP contribution in [0.25, 0.3) is 11.4 Å². The molecule has 0 radical (unpaired) electrons. The van der Waals surface area contributed by atoms with Crippen LogP contribution in [0.5, 0.6) is 11.8 Å². The number of carbonyl (C=O) groups is 1. The molecule has 0 saturated heterocycles. The van der Waals surface area contributed by atoms with Crippen molar-refractivity contribution in [2.45, 2.75) is 52.9 Å². The van der Waals surface area contributed by atoms with Gasteiger partial charge in [-0.05, 0) is 43.5 Å². The van der Waals surface area contributed by atoms with Crippen LogP contribution in [0.3, 0.4) is 0 Å². The lowest BCUT2D eigenvalue weighted by atomic mass is 9.98. The summed E-state index contributed by atoms with van der Waals surface area (Å²) in [6.07, 6.45) is 4.59. The molecule has 1 atom stereocenters. The molecular weight excluding hydrogens is 330 g/mol. The summed E-state index contributed by atoms with van der Waals surface area (Å²) in [7, 11) is 1.62. The molecule has 0 aliphatic rings. The first-order valence-electron chi connectivity index (χ1n) is 9.43. The van der Waals surface area contributed by atoms with Gasteiger partial charge in [-0.2, -0.15) is 9.67 Å². The highest BCUT2D eigenvalue weighted by atomic mass is 16.5. The van der Waals surface area contributed by atoms with Crippen molar-refractivity contribution in [3.05, 3.63) is 24.3 Å². The molecule has 6 nitrogen and oxygen atoms in total. The molecular formula is C20H29N3O3. The molecule has 0 saturated carbocycles. The maximum atomic E-state index is 13.1. The van der Waals surface area contributed by atoms with E-state index < -0.39 is 0 Å². The number of aromatic nitrogens is 3. The Labute approximate surface area is 155 Å². The van der Waals surface area contributed by atoms with Gasteiger partial charge >= 0.3 is 6.01 Å². The van der Waals surface area contributed by atoms with Crippen LogP contribution in [-0.4, -0.2) is 34.4 Å². The van der Waals surface area contributed by atoms with Crippen molar-refractivity contribution in [1.29, 1.82) is 0 Å². The number of unbranched alkanes of at least 4 members (excludes halogenated alkanes) is 1. The van der Waals surface area contributed by atoms with Gasteiger partial charge in [-0.1, -0.05) is 33.6 Å².